The van der Waals surface area contributed by atoms with Gasteiger partial charge in [-0.2, -0.15) is 0 Å². The molecule has 0 aliphatic heterocycles. The Labute approximate surface area is 102 Å². The molecule has 0 aliphatic carbocycles. The van der Waals surface area contributed by atoms with Gasteiger partial charge in [-0.1, -0.05) is 12.1 Å². The standard InChI is InChI=1S/C13H18N4/c1-16(2)11-6-4-10(5-7-11)12(14)13-15-8-9-17(13)3/h4-9,12H,14H2,1-3H3. The van der Waals surface area contributed by atoms with Crippen LogP contribution < -0.4 is 10.6 Å². The molecule has 1 atom stereocenters. The highest BCUT2D eigenvalue weighted by atomic mass is 15.1. The van der Waals surface area contributed by atoms with Crippen molar-refractivity contribution in [1.29, 1.82) is 0 Å². The third kappa shape index (κ3) is 2.31. The van der Waals surface area contributed by atoms with Gasteiger partial charge in [0, 0.05) is 39.2 Å². The lowest BCUT2D eigenvalue weighted by molar-refractivity contribution is 0.717. The van der Waals surface area contributed by atoms with Crippen molar-refractivity contribution in [1.82, 2.24) is 9.55 Å². The SMILES string of the molecule is CN(C)c1ccc(C(N)c2nccn2C)cc1. The number of nitrogens with zero attached hydrogens (tertiary/aromatic N) is 3. The zero-order valence-corrected chi connectivity index (χ0v) is 10.5. The first-order valence-electron chi connectivity index (χ1n) is 5.59. The van der Waals surface area contributed by atoms with Gasteiger partial charge < -0.3 is 15.2 Å². The predicted molar refractivity (Wildman–Crippen MR) is 70.0 cm³/mol. The molecule has 2 aromatic rings. The van der Waals surface area contributed by atoms with E-state index >= 15 is 0 Å². The predicted octanol–water partition coefficient (Wildman–Crippen LogP) is 1.53. The van der Waals surface area contributed by atoms with Crippen molar-refractivity contribution in [3.63, 3.8) is 0 Å². The largest absolute Gasteiger partial charge is 0.378 e. The van der Waals surface area contributed by atoms with E-state index in [4.69, 9.17) is 5.73 Å². The van der Waals surface area contributed by atoms with Gasteiger partial charge >= 0.3 is 0 Å². The van der Waals surface area contributed by atoms with Crippen molar-refractivity contribution < 1.29 is 0 Å². The van der Waals surface area contributed by atoms with Crippen LogP contribution >= 0.6 is 0 Å². The number of benzene rings is 1. The Hall–Kier alpha value is -1.81. The van der Waals surface area contributed by atoms with Crippen LogP contribution in [0.3, 0.4) is 0 Å². The highest BCUT2D eigenvalue weighted by Crippen LogP contribution is 2.20. The molecule has 1 unspecified atom stereocenters. The van der Waals surface area contributed by atoms with Gasteiger partial charge in [0.25, 0.3) is 0 Å². The number of imidazole rings is 1. The number of rotatable bonds is 3. The summed E-state index contributed by atoms with van der Waals surface area (Å²) in [4.78, 5) is 6.34. The highest BCUT2D eigenvalue weighted by Gasteiger charge is 2.12. The molecule has 1 heterocycles. The summed E-state index contributed by atoms with van der Waals surface area (Å²) in [6, 6.07) is 8.06. The molecule has 0 amide bonds. The lowest BCUT2D eigenvalue weighted by Gasteiger charge is -2.15. The van der Waals surface area contributed by atoms with Gasteiger partial charge in [-0.3, -0.25) is 0 Å². The molecule has 4 nitrogen and oxygen atoms in total. The van der Waals surface area contributed by atoms with Crippen molar-refractivity contribution >= 4 is 5.69 Å². The highest BCUT2D eigenvalue weighted by molar-refractivity contribution is 5.47. The van der Waals surface area contributed by atoms with Crippen molar-refractivity contribution in [2.24, 2.45) is 12.8 Å². The molecule has 2 rings (SSSR count). The summed E-state index contributed by atoms with van der Waals surface area (Å²) in [5.74, 6) is 0.877. The summed E-state index contributed by atoms with van der Waals surface area (Å²) in [7, 11) is 6.00. The zero-order valence-electron chi connectivity index (χ0n) is 10.5. The molecule has 0 spiro atoms. The molecule has 0 radical (unpaired) electrons. The van der Waals surface area contributed by atoms with E-state index < -0.39 is 0 Å². The van der Waals surface area contributed by atoms with Crippen LogP contribution in [0.2, 0.25) is 0 Å². The minimum atomic E-state index is -0.175. The second-order valence-corrected chi connectivity index (χ2v) is 4.36. The Morgan fingerprint density at radius 3 is 2.35 bits per heavy atom. The second-order valence-electron chi connectivity index (χ2n) is 4.36. The van der Waals surface area contributed by atoms with Crippen LogP contribution in [-0.2, 0) is 7.05 Å². The van der Waals surface area contributed by atoms with Crippen molar-refractivity contribution in [2.75, 3.05) is 19.0 Å². The first-order chi connectivity index (χ1) is 8.09. The molecule has 0 bridgehead atoms. The maximum absolute atomic E-state index is 6.19. The van der Waals surface area contributed by atoms with Crippen LogP contribution in [0.1, 0.15) is 17.4 Å². The average molecular weight is 230 g/mol. The molecule has 17 heavy (non-hydrogen) atoms. The van der Waals surface area contributed by atoms with Gasteiger partial charge in [-0.15, -0.1) is 0 Å². The van der Waals surface area contributed by atoms with Crippen molar-refractivity contribution in [3.8, 4) is 0 Å². The summed E-state index contributed by atoms with van der Waals surface area (Å²) in [5, 5.41) is 0. The third-order valence-electron chi connectivity index (χ3n) is 2.91. The van der Waals surface area contributed by atoms with Crippen LogP contribution in [0.25, 0.3) is 0 Å². The number of hydrogen-bond donors (Lipinski definition) is 1. The van der Waals surface area contributed by atoms with Crippen LogP contribution in [0, 0.1) is 0 Å². The molecular weight excluding hydrogens is 212 g/mol. The quantitative estimate of drug-likeness (QED) is 0.870. The summed E-state index contributed by atoms with van der Waals surface area (Å²) in [6.45, 7) is 0. The van der Waals surface area contributed by atoms with Gasteiger partial charge in [0.05, 0.1) is 6.04 Å². The molecule has 1 aromatic carbocycles. The van der Waals surface area contributed by atoms with E-state index in [9.17, 15) is 0 Å². The Kier molecular flexibility index (Phi) is 3.15. The minimum absolute atomic E-state index is 0.175. The molecule has 2 N–H and O–H groups in total. The first kappa shape index (κ1) is 11.7. The second kappa shape index (κ2) is 4.59. The molecular formula is C13H18N4. The Bertz CT molecular complexity index is 484. The fourth-order valence-electron chi connectivity index (χ4n) is 1.81. The number of aromatic nitrogens is 2. The van der Waals surface area contributed by atoms with Crippen molar-refractivity contribution in [2.45, 2.75) is 6.04 Å². The number of anilines is 1. The molecule has 0 saturated heterocycles. The van der Waals surface area contributed by atoms with Gasteiger partial charge in [0.1, 0.15) is 5.82 Å². The monoisotopic (exact) mass is 230 g/mol. The van der Waals surface area contributed by atoms with Crippen molar-refractivity contribution in [3.05, 3.63) is 48.0 Å². The van der Waals surface area contributed by atoms with Gasteiger partial charge in [0.15, 0.2) is 0 Å². The topological polar surface area (TPSA) is 47.1 Å². The summed E-state index contributed by atoms with van der Waals surface area (Å²) in [6.07, 6.45) is 3.67. The maximum atomic E-state index is 6.19. The van der Waals surface area contributed by atoms with Crippen LogP contribution in [0.4, 0.5) is 5.69 Å². The molecule has 0 saturated carbocycles. The third-order valence-corrected chi connectivity index (χ3v) is 2.91. The van der Waals surface area contributed by atoms with Crippen LogP contribution in [0.5, 0.6) is 0 Å². The molecule has 4 heteroatoms. The summed E-state index contributed by atoms with van der Waals surface area (Å²) >= 11 is 0. The minimum Gasteiger partial charge on any atom is -0.378 e. The van der Waals surface area contributed by atoms with E-state index in [2.05, 4.69) is 34.1 Å². The molecule has 0 aliphatic rings. The number of hydrogen-bond acceptors (Lipinski definition) is 3. The number of aryl methyl sites for hydroxylation is 1. The molecule has 1 aromatic heterocycles. The van der Waals surface area contributed by atoms with Gasteiger partial charge in [-0.25, -0.2) is 4.98 Å². The van der Waals surface area contributed by atoms with E-state index in [-0.39, 0.29) is 6.04 Å². The average Bonchev–Trinajstić information content (AvgIpc) is 2.74. The van der Waals surface area contributed by atoms with Crippen LogP contribution in [0.15, 0.2) is 36.7 Å². The zero-order chi connectivity index (χ0) is 12.4. The van der Waals surface area contributed by atoms with E-state index in [0.29, 0.717) is 0 Å². The number of nitrogens with two attached hydrogens (primary N) is 1. The fraction of sp³-hybridized carbons (Fsp3) is 0.308. The fourth-order valence-corrected chi connectivity index (χ4v) is 1.81. The van der Waals surface area contributed by atoms with E-state index in [1.54, 1.807) is 6.20 Å². The normalized spacial score (nSPS) is 12.5. The Morgan fingerprint density at radius 2 is 1.88 bits per heavy atom. The van der Waals surface area contributed by atoms with E-state index in [1.165, 1.54) is 5.69 Å². The van der Waals surface area contributed by atoms with E-state index in [0.717, 1.165) is 11.4 Å². The smallest absolute Gasteiger partial charge is 0.129 e. The van der Waals surface area contributed by atoms with Crippen LogP contribution in [-0.4, -0.2) is 23.6 Å². The van der Waals surface area contributed by atoms with Gasteiger partial charge in [0.2, 0.25) is 0 Å². The summed E-state index contributed by atoms with van der Waals surface area (Å²) < 4.78 is 1.95. The van der Waals surface area contributed by atoms with E-state index in [1.807, 2.05) is 31.9 Å². The molecule has 0 fully saturated rings. The Balaban J connectivity index is 2.26. The lowest BCUT2D eigenvalue weighted by Crippen LogP contribution is -2.17. The van der Waals surface area contributed by atoms with Gasteiger partial charge in [-0.05, 0) is 17.7 Å². The first-order valence-corrected chi connectivity index (χ1v) is 5.59. The lowest BCUT2D eigenvalue weighted by atomic mass is 10.1. The molecule has 90 valence electrons. The summed E-state index contributed by atoms with van der Waals surface area (Å²) in [5.41, 5.74) is 8.43. The Morgan fingerprint density at radius 1 is 1.24 bits per heavy atom. The maximum Gasteiger partial charge on any atom is 0.129 e.